The van der Waals surface area contributed by atoms with Gasteiger partial charge in [-0.05, 0) is 43.0 Å². The van der Waals surface area contributed by atoms with Crippen LogP contribution in [0.1, 0.15) is 23.2 Å². The van der Waals surface area contributed by atoms with Gasteiger partial charge in [0.15, 0.2) is 0 Å². The van der Waals surface area contributed by atoms with Gasteiger partial charge in [0.1, 0.15) is 18.2 Å². The number of carbonyl (C=O) groups is 2. The number of hydrogen-bond donors (Lipinski definition) is 2. The molecule has 0 unspecified atom stereocenters. The summed E-state index contributed by atoms with van der Waals surface area (Å²) in [7, 11) is 0. The zero-order valence-electron chi connectivity index (χ0n) is 18.6. The van der Waals surface area contributed by atoms with E-state index in [0.717, 1.165) is 26.1 Å². The van der Waals surface area contributed by atoms with Gasteiger partial charge in [-0.15, -0.1) is 0 Å². The Hall–Kier alpha value is -3.17. The molecule has 2 aliphatic rings. The Morgan fingerprint density at radius 3 is 2.76 bits per heavy atom. The van der Waals surface area contributed by atoms with Crippen molar-refractivity contribution in [3.63, 3.8) is 0 Å². The molecular formula is C24H30N4O5. The van der Waals surface area contributed by atoms with Gasteiger partial charge in [0.2, 0.25) is 5.91 Å². The number of aromatic nitrogens is 1. The van der Waals surface area contributed by atoms with Crippen molar-refractivity contribution in [3.8, 4) is 5.75 Å². The predicted molar refractivity (Wildman–Crippen MR) is 123 cm³/mol. The molecule has 0 saturated carbocycles. The largest absolute Gasteiger partial charge is 0.489 e. The normalized spacial score (nSPS) is 17.8. The van der Waals surface area contributed by atoms with Crippen LogP contribution in [-0.2, 0) is 14.3 Å². The van der Waals surface area contributed by atoms with E-state index in [-0.39, 0.29) is 24.9 Å². The van der Waals surface area contributed by atoms with Gasteiger partial charge in [-0.25, -0.2) is 4.98 Å². The van der Waals surface area contributed by atoms with Crippen molar-refractivity contribution < 1.29 is 23.8 Å². The minimum absolute atomic E-state index is 0.0488. The lowest BCUT2D eigenvalue weighted by Crippen LogP contribution is -2.44. The molecule has 0 bridgehead atoms. The summed E-state index contributed by atoms with van der Waals surface area (Å²) in [5, 5.41) is 6.19. The van der Waals surface area contributed by atoms with Crippen LogP contribution in [0.4, 0.5) is 11.5 Å². The average molecular weight is 455 g/mol. The molecule has 3 heterocycles. The zero-order chi connectivity index (χ0) is 22.9. The molecule has 2 amide bonds. The molecule has 1 aromatic carbocycles. The molecule has 1 aromatic heterocycles. The summed E-state index contributed by atoms with van der Waals surface area (Å²) in [6.07, 6.45) is 3.49. The number of rotatable bonds is 4. The summed E-state index contributed by atoms with van der Waals surface area (Å²) < 4.78 is 16.9. The highest BCUT2D eigenvalue weighted by atomic mass is 16.5. The van der Waals surface area contributed by atoms with Gasteiger partial charge in [-0.1, -0.05) is 12.1 Å². The fourth-order valence-electron chi connectivity index (χ4n) is 3.85. The molecule has 176 valence electrons. The van der Waals surface area contributed by atoms with Gasteiger partial charge >= 0.3 is 0 Å². The van der Waals surface area contributed by atoms with Crippen molar-refractivity contribution in [1.82, 2.24) is 15.2 Å². The number of ether oxygens (including phenoxy) is 3. The Bertz CT molecular complexity index is 948. The Labute approximate surface area is 193 Å². The molecule has 33 heavy (non-hydrogen) atoms. The summed E-state index contributed by atoms with van der Waals surface area (Å²) in [5.74, 6) is 0.991. The second-order valence-electron chi connectivity index (χ2n) is 8.07. The van der Waals surface area contributed by atoms with E-state index < -0.39 is 0 Å². The highest BCUT2D eigenvalue weighted by molar-refractivity contribution is 6.01. The average Bonchev–Trinajstić information content (AvgIpc) is 2.86. The molecule has 2 N–H and O–H groups in total. The van der Waals surface area contributed by atoms with Crippen molar-refractivity contribution in [1.29, 1.82) is 0 Å². The number of para-hydroxylation sites is 2. The monoisotopic (exact) mass is 454 g/mol. The van der Waals surface area contributed by atoms with E-state index in [1.54, 1.807) is 18.3 Å². The van der Waals surface area contributed by atoms with Crippen LogP contribution in [0.3, 0.4) is 0 Å². The molecule has 1 saturated heterocycles. The third-order valence-electron chi connectivity index (χ3n) is 5.72. The van der Waals surface area contributed by atoms with Crippen LogP contribution < -0.4 is 15.4 Å². The van der Waals surface area contributed by atoms with E-state index in [2.05, 4.69) is 15.6 Å². The SMILES string of the molecule is O=C(CN1CCOCCOc2ccccc2Nc2ncccc2C1=O)NCC1CCOCC1. The third-order valence-corrected chi connectivity index (χ3v) is 5.72. The fourth-order valence-corrected chi connectivity index (χ4v) is 3.85. The number of amides is 2. The maximum Gasteiger partial charge on any atom is 0.258 e. The molecular weight excluding hydrogens is 424 g/mol. The van der Waals surface area contributed by atoms with Crippen LogP contribution in [0.2, 0.25) is 0 Å². The standard InChI is InChI=1S/C24H30N4O5/c29-22(26-16-18-7-11-31-12-8-18)17-28-10-13-32-14-15-33-21-6-2-1-5-20(21)27-23-19(24(28)30)4-3-9-25-23/h1-6,9,18H,7-8,10-17H2,(H,25,27)(H,26,29). The van der Waals surface area contributed by atoms with Crippen molar-refractivity contribution in [2.45, 2.75) is 12.8 Å². The molecule has 2 aromatic rings. The summed E-state index contributed by atoms with van der Waals surface area (Å²) in [6, 6.07) is 10.9. The number of benzene rings is 1. The van der Waals surface area contributed by atoms with Crippen molar-refractivity contribution >= 4 is 23.3 Å². The number of nitrogens with zero attached hydrogens (tertiary/aromatic N) is 2. The quantitative estimate of drug-likeness (QED) is 0.730. The zero-order valence-corrected chi connectivity index (χ0v) is 18.6. The molecule has 0 aliphatic carbocycles. The summed E-state index contributed by atoms with van der Waals surface area (Å²) in [6.45, 7) is 3.32. The maximum absolute atomic E-state index is 13.5. The van der Waals surface area contributed by atoms with Gasteiger partial charge in [0.25, 0.3) is 5.91 Å². The van der Waals surface area contributed by atoms with Crippen LogP contribution >= 0.6 is 0 Å². The lowest BCUT2D eigenvalue weighted by molar-refractivity contribution is -0.122. The van der Waals surface area contributed by atoms with Crippen LogP contribution in [0.5, 0.6) is 5.75 Å². The Balaban J connectivity index is 1.50. The lowest BCUT2D eigenvalue weighted by atomic mass is 10.0. The van der Waals surface area contributed by atoms with Gasteiger partial charge in [-0.2, -0.15) is 0 Å². The first-order valence-electron chi connectivity index (χ1n) is 11.4. The second-order valence-corrected chi connectivity index (χ2v) is 8.07. The first-order valence-corrected chi connectivity index (χ1v) is 11.4. The fraction of sp³-hybridized carbons (Fsp3) is 0.458. The molecule has 2 aliphatic heterocycles. The predicted octanol–water partition coefficient (Wildman–Crippen LogP) is 2.22. The van der Waals surface area contributed by atoms with Crippen LogP contribution in [-0.4, -0.2) is 74.4 Å². The van der Waals surface area contributed by atoms with Crippen molar-refractivity contribution in [3.05, 3.63) is 48.2 Å². The first-order chi connectivity index (χ1) is 16.2. The molecule has 0 radical (unpaired) electrons. The topological polar surface area (TPSA) is 102 Å². The summed E-state index contributed by atoms with van der Waals surface area (Å²) in [5.41, 5.74) is 1.08. The third kappa shape index (κ3) is 6.43. The minimum atomic E-state index is -0.284. The van der Waals surface area contributed by atoms with E-state index in [4.69, 9.17) is 14.2 Å². The lowest BCUT2D eigenvalue weighted by Gasteiger charge is -2.25. The van der Waals surface area contributed by atoms with Gasteiger partial charge in [0, 0.05) is 32.5 Å². The van der Waals surface area contributed by atoms with Crippen molar-refractivity contribution in [2.75, 3.05) is 58.0 Å². The molecule has 0 atom stereocenters. The van der Waals surface area contributed by atoms with Crippen LogP contribution in [0.15, 0.2) is 42.6 Å². The summed E-state index contributed by atoms with van der Waals surface area (Å²) in [4.78, 5) is 32.0. The first kappa shape index (κ1) is 23.0. The number of pyridine rings is 1. The number of hydrogen-bond acceptors (Lipinski definition) is 7. The number of nitrogens with one attached hydrogen (secondary N) is 2. The molecule has 4 rings (SSSR count). The molecule has 1 fully saturated rings. The Kier molecular flexibility index (Phi) is 8.10. The highest BCUT2D eigenvalue weighted by Gasteiger charge is 2.23. The van der Waals surface area contributed by atoms with Crippen molar-refractivity contribution in [2.24, 2.45) is 5.92 Å². The van der Waals surface area contributed by atoms with E-state index in [9.17, 15) is 9.59 Å². The van der Waals surface area contributed by atoms with Gasteiger partial charge < -0.3 is 29.7 Å². The second kappa shape index (κ2) is 11.6. The number of anilines is 2. The Morgan fingerprint density at radius 1 is 1.06 bits per heavy atom. The number of fused-ring (bicyclic) bond motifs is 2. The molecule has 0 spiro atoms. The highest BCUT2D eigenvalue weighted by Crippen LogP contribution is 2.28. The van der Waals surface area contributed by atoms with Crippen LogP contribution in [0, 0.1) is 5.92 Å². The molecule has 9 nitrogen and oxygen atoms in total. The van der Waals surface area contributed by atoms with E-state index in [1.807, 2.05) is 24.3 Å². The smallest absolute Gasteiger partial charge is 0.258 e. The Morgan fingerprint density at radius 2 is 1.88 bits per heavy atom. The van der Waals surface area contributed by atoms with Crippen LogP contribution in [0.25, 0.3) is 0 Å². The van der Waals surface area contributed by atoms with Gasteiger partial charge in [0.05, 0.1) is 31.0 Å². The van der Waals surface area contributed by atoms with E-state index >= 15 is 0 Å². The van der Waals surface area contributed by atoms with E-state index in [1.165, 1.54) is 4.90 Å². The maximum atomic E-state index is 13.5. The van der Waals surface area contributed by atoms with Gasteiger partial charge in [-0.3, -0.25) is 9.59 Å². The number of carbonyl (C=O) groups excluding carboxylic acids is 2. The van der Waals surface area contributed by atoms with E-state index in [0.29, 0.717) is 55.1 Å². The molecule has 9 heteroatoms. The minimum Gasteiger partial charge on any atom is -0.489 e. The summed E-state index contributed by atoms with van der Waals surface area (Å²) >= 11 is 0.